The molecule has 0 spiro atoms. The zero-order valence-electron chi connectivity index (χ0n) is 13.7. The van der Waals surface area contributed by atoms with Gasteiger partial charge in [-0.25, -0.2) is 0 Å². The first kappa shape index (κ1) is 16.4. The number of carbonyl (C=O) groups is 1. The average molecular weight is 337 g/mol. The highest BCUT2D eigenvalue weighted by Crippen LogP contribution is 2.34. The molecule has 0 aliphatic carbocycles. The molecule has 0 saturated heterocycles. The summed E-state index contributed by atoms with van der Waals surface area (Å²) >= 11 is 0. The van der Waals surface area contributed by atoms with Crippen LogP contribution in [0.4, 0.5) is 0 Å². The van der Waals surface area contributed by atoms with E-state index < -0.39 is 5.78 Å². The Labute approximate surface area is 144 Å². The van der Waals surface area contributed by atoms with E-state index in [4.69, 9.17) is 18.9 Å². The van der Waals surface area contributed by atoms with E-state index in [1.807, 2.05) is 6.07 Å². The zero-order valence-corrected chi connectivity index (χ0v) is 13.7. The third-order valence-corrected chi connectivity index (χ3v) is 3.73. The maximum absolute atomic E-state index is 12.7. The van der Waals surface area contributed by atoms with Crippen molar-refractivity contribution in [1.82, 2.24) is 0 Å². The van der Waals surface area contributed by atoms with E-state index in [0.717, 1.165) is 0 Å². The quantitative estimate of drug-likeness (QED) is 0.473. The molecule has 0 N–H and O–H groups in total. The van der Waals surface area contributed by atoms with Gasteiger partial charge in [0, 0.05) is 11.1 Å². The molecule has 1 aliphatic heterocycles. The molecule has 0 radical (unpaired) electrons. The first-order valence-electron chi connectivity index (χ1n) is 7.45. The molecule has 3 rings (SSSR count). The maximum atomic E-state index is 12.7. The molecule has 0 bridgehead atoms. The van der Waals surface area contributed by atoms with Gasteiger partial charge in [-0.2, -0.15) is 5.26 Å². The number of allylic oxidation sites excluding steroid dienone is 1. The van der Waals surface area contributed by atoms with Gasteiger partial charge in [0.25, 0.3) is 0 Å². The Hall–Kier alpha value is -3.46. The lowest BCUT2D eigenvalue weighted by molar-refractivity contribution is 0.103. The minimum atomic E-state index is -0.411. The summed E-state index contributed by atoms with van der Waals surface area (Å²) in [6.45, 7) is 0.120. The number of ether oxygens (including phenoxy) is 4. The van der Waals surface area contributed by atoms with Gasteiger partial charge in [0.1, 0.15) is 11.6 Å². The number of fused-ring (bicyclic) bond motifs is 1. The summed E-state index contributed by atoms with van der Waals surface area (Å²) in [6.07, 6.45) is 1.48. The summed E-state index contributed by atoms with van der Waals surface area (Å²) in [7, 11) is 3.02. The van der Waals surface area contributed by atoms with Crippen LogP contribution in [-0.2, 0) is 0 Å². The van der Waals surface area contributed by atoms with E-state index in [-0.39, 0.29) is 12.4 Å². The van der Waals surface area contributed by atoms with Crippen molar-refractivity contribution in [2.75, 3.05) is 21.0 Å². The molecule has 2 aromatic carbocycles. The third kappa shape index (κ3) is 3.12. The maximum Gasteiger partial charge on any atom is 0.231 e. The summed E-state index contributed by atoms with van der Waals surface area (Å²) < 4.78 is 21.1. The van der Waals surface area contributed by atoms with Crippen molar-refractivity contribution in [1.29, 1.82) is 5.26 Å². The predicted molar refractivity (Wildman–Crippen MR) is 90.0 cm³/mol. The van der Waals surface area contributed by atoms with Gasteiger partial charge < -0.3 is 18.9 Å². The van der Waals surface area contributed by atoms with Gasteiger partial charge in [-0.05, 0) is 30.3 Å². The van der Waals surface area contributed by atoms with Gasteiger partial charge in [0.2, 0.25) is 12.6 Å². The highest BCUT2D eigenvalue weighted by atomic mass is 16.7. The van der Waals surface area contributed by atoms with Gasteiger partial charge in [-0.3, -0.25) is 4.79 Å². The average Bonchev–Trinajstić information content (AvgIpc) is 3.12. The Bertz CT molecular complexity index is 895. The standard InChI is InChI=1S/C19H15NO5/c1-22-16-5-3-4-13(19(16)23-2)8-14(10-20)18(21)12-6-7-15-17(9-12)25-11-24-15/h3-9H,11H2,1-2H3. The van der Waals surface area contributed by atoms with Gasteiger partial charge in [-0.15, -0.1) is 0 Å². The Kier molecular flexibility index (Phi) is 4.57. The van der Waals surface area contributed by atoms with Gasteiger partial charge in [0.05, 0.1) is 14.2 Å². The van der Waals surface area contributed by atoms with Crippen molar-refractivity contribution in [2.24, 2.45) is 0 Å². The number of rotatable bonds is 5. The van der Waals surface area contributed by atoms with Gasteiger partial charge >= 0.3 is 0 Å². The number of benzene rings is 2. The van der Waals surface area contributed by atoms with E-state index >= 15 is 0 Å². The lowest BCUT2D eigenvalue weighted by Crippen LogP contribution is -2.02. The lowest BCUT2D eigenvalue weighted by atomic mass is 10.0. The molecule has 2 aromatic rings. The fourth-order valence-electron chi connectivity index (χ4n) is 2.52. The van der Waals surface area contributed by atoms with Gasteiger partial charge in [0.15, 0.2) is 23.0 Å². The highest BCUT2D eigenvalue weighted by molar-refractivity contribution is 6.14. The normalized spacial score (nSPS) is 12.4. The smallest absolute Gasteiger partial charge is 0.231 e. The summed E-state index contributed by atoms with van der Waals surface area (Å²) in [5, 5.41) is 9.44. The second-order valence-electron chi connectivity index (χ2n) is 5.15. The van der Waals surface area contributed by atoms with Crippen molar-refractivity contribution in [3.63, 3.8) is 0 Å². The van der Waals surface area contributed by atoms with Crippen LogP contribution in [0.15, 0.2) is 42.0 Å². The number of carbonyl (C=O) groups excluding carboxylic acids is 1. The van der Waals surface area contributed by atoms with Crippen molar-refractivity contribution >= 4 is 11.9 Å². The number of nitrogens with zero attached hydrogens (tertiary/aromatic N) is 1. The van der Waals surface area contributed by atoms with E-state index in [9.17, 15) is 10.1 Å². The van der Waals surface area contributed by atoms with Crippen LogP contribution in [0, 0.1) is 11.3 Å². The number of hydrogen-bond acceptors (Lipinski definition) is 6. The van der Waals surface area contributed by atoms with Crippen LogP contribution in [0.25, 0.3) is 6.08 Å². The number of para-hydroxylation sites is 1. The first-order chi connectivity index (χ1) is 12.2. The Morgan fingerprint density at radius 1 is 1.16 bits per heavy atom. The van der Waals surface area contributed by atoms with Gasteiger partial charge in [-0.1, -0.05) is 12.1 Å². The fraction of sp³-hybridized carbons (Fsp3) is 0.158. The van der Waals surface area contributed by atoms with E-state index in [2.05, 4.69) is 0 Å². The molecule has 1 heterocycles. The predicted octanol–water partition coefficient (Wildman–Crippen LogP) is 3.22. The summed E-state index contributed by atoms with van der Waals surface area (Å²) in [5.74, 6) is 1.63. The topological polar surface area (TPSA) is 77.8 Å². The molecule has 0 amide bonds. The van der Waals surface area contributed by atoms with Crippen molar-refractivity contribution in [3.8, 4) is 29.1 Å². The Morgan fingerprint density at radius 2 is 1.96 bits per heavy atom. The SMILES string of the molecule is COc1cccc(C=C(C#N)C(=O)c2ccc3c(c2)OCO3)c1OC. The summed E-state index contributed by atoms with van der Waals surface area (Å²) in [4.78, 5) is 12.7. The van der Waals surface area contributed by atoms with Crippen molar-refractivity contribution in [3.05, 3.63) is 53.1 Å². The van der Waals surface area contributed by atoms with Crippen LogP contribution in [0.2, 0.25) is 0 Å². The molecule has 1 aliphatic rings. The molecular formula is C19H15NO5. The van der Waals surface area contributed by atoms with E-state index in [1.54, 1.807) is 36.4 Å². The Morgan fingerprint density at radius 3 is 2.68 bits per heavy atom. The van der Waals surface area contributed by atoms with Crippen molar-refractivity contribution < 1.29 is 23.7 Å². The molecule has 0 fully saturated rings. The second kappa shape index (κ2) is 6.97. The van der Waals surface area contributed by atoms with Crippen LogP contribution in [-0.4, -0.2) is 26.8 Å². The molecule has 6 heteroatoms. The van der Waals surface area contributed by atoms with Crippen LogP contribution in [0.1, 0.15) is 15.9 Å². The monoisotopic (exact) mass is 337 g/mol. The van der Waals surface area contributed by atoms with E-state index in [0.29, 0.717) is 34.1 Å². The number of Topliss-reactive ketones (excluding diaryl/α,β-unsaturated/α-hetero) is 1. The molecule has 0 saturated carbocycles. The van der Waals surface area contributed by atoms with Crippen molar-refractivity contribution in [2.45, 2.75) is 0 Å². The van der Waals surface area contributed by atoms with E-state index in [1.165, 1.54) is 20.3 Å². The molecule has 25 heavy (non-hydrogen) atoms. The molecular weight excluding hydrogens is 322 g/mol. The minimum absolute atomic E-state index is 0.0228. The number of hydrogen-bond donors (Lipinski definition) is 0. The molecule has 0 aromatic heterocycles. The second-order valence-corrected chi connectivity index (χ2v) is 5.15. The largest absolute Gasteiger partial charge is 0.493 e. The highest BCUT2D eigenvalue weighted by Gasteiger charge is 2.19. The lowest BCUT2D eigenvalue weighted by Gasteiger charge is -2.10. The summed E-state index contributed by atoms with van der Waals surface area (Å²) in [5.41, 5.74) is 0.900. The third-order valence-electron chi connectivity index (χ3n) is 3.73. The minimum Gasteiger partial charge on any atom is -0.493 e. The number of nitriles is 1. The molecule has 126 valence electrons. The number of methoxy groups -OCH3 is 2. The Balaban J connectivity index is 1.99. The van der Waals surface area contributed by atoms with Crippen LogP contribution in [0.3, 0.4) is 0 Å². The molecule has 0 unspecified atom stereocenters. The van der Waals surface area contributed by atoms with Crippen LogP contribution in [0.5, 0.6) is 23.0 Å². The first-order valence-corrected chi connectivity index (χ1v) is 7.45. The summed E-state index contributed by atoms with van der Waals surface area (Å²) in [6, 6.07) is 12.0. The molecule has 6 nitrogen and oxygen atoms in total. The van der Waals surface area contributed by atoms with Crippen LogP contribution >= 0.6 is 0 Å². The molecule has 0 atom stereocenters. The fourth-order valence-corrected chi connectivity index (χ4v) is 2.52. The van der Waals surface area contributed by atoms with Crippen LogP contribution < -0.4 is 18.9 Å². The number of ketones is 1. The zero-order chi connectivity index (χ0) is 17.8.